The Morgan fingerprint density at radius 3 is 2.75 bits per heavy atom. The largest absolute Gasteiger partial charge is 0.478 e. The fourth-order valence-electron chi connectivity index (χ4n) is 1.39. The highest BCUT2D eigenvalue weighted by Crippen LogP contribution is 2.33. The molecular formula is C11H7N3O5S. The minimum atomic E-state index is -1.25. The molecule has 2 aromatic rings. The molecule has 0 saturated heterocycles. The molecule has 2 rings (SSSR count). The molecule has 0 saturated carbocycles. The maximum atomic E-state index is 11.1. The summed E-state index contributed by atoms with van der Waals surface area (Å²) < 4.78 is 0. The quantitative estimate of drug-likeness (QED) is 0.497. The third-order valence-corrected chi connectivity index (χ3v) is 3.22. The zero-order chi connectivity index (χ0) is 14.7. The second-order valence-corrected chi connectivity index (χ2v) is 4.62. The number of carboxylic acid groups (broad SMARTS) is 1. The number of nitro groups is 1. The first kappa shape index (κ1) is 13.7. The highest BCUT2D eigenvalue weighted by Gasteiger charge is 2.18. The Labute approximate surface area is 115 Å². The maximum absolute atomic E-state index is 11.1. The molecule has 0 radical (unpaired) electrons. The van der Waals surface area contributed by atoms with Gasteiger partial charge in [-0.25, -0.2) is 9.78 Å². The van der Waals surface area contributed by atoms with Crippen LogP contribution in [0.25, 0.3) is 0 Å². The van der Waals surface area contributed by atoms with Gasteiger partial charge in [0.2, 0.25) is 0 Å². The van der Waals surface area contributed by atoms with Crippen molar-refractivity contribution in [2.45, 2.75) is 10.1 Å². The Kier molecular flexibility index (Phi) is 3.80. The van der Waals surface area contributed by atoms with E-state index < -0.39 is 10.9 Å². The lowest BCUT2D eigenvalue weighted by Gasteiger charge is -2.03. The Morgan fingerprint density at radius 1 is 1.40 bits per heavy atom. The van der Waals surface area contributed by atoms with Crippen molar-refractivity contribution < 1.29 is 14.8 Å². The molecule has 0 aliphatic heterocycles. The molecule has 0 spiro atoms. The van der Waals surface area contributed by atoms with Gasteiger partial charge in [0.1, 0.15) is 0 Å². The summed E-state index contributed by atoms with van der Waals surface area (Å²) >= 11 is 0.876. The number of benzene rings is 1. The molecule has 1 aromatic carbocycles. The van der Waals surface area contributed by atoms with Gasteiger partial charge in [-0.1, -0.05) is 0 Å². The van der Waals surface area contributed by atoms with Crippen LogP contribution in [0, 0.1) is 10.1 Å². The number of hydrogen-bond donors (Lipinski definition) is 2. The highest BCUT2D eigenvalue weighted by atomic mass is 32.2. The number of aromatic amines is 1. The van der Waals surface area contributed by atoms with Gasteiger partial charge in [0.15, 0.2) is 5.16 Å². The standard InChI is InChI=1S/C11H7N3O5S/c15-9-3-4-12-11(13-9)20-8-2-1-6(10(16)17)5-7(8)14(18)19/h1-5H,(H,16,17)(H,12,13,15). The van der Waals surface area contributed by atoms with E-state index in [-0.39, 0.29) is 26.9 Å². The summed E-state index contributed by atoms with van der Waals surface area (Å²) in [7, 11) is 0. The summed E-state index contributed by atoms with van der Waals surface area (Å²) in [4.78, 5) is 38.7. The van der Waals surface area contributed by atoms with E-state index >= 15 is 0 Å². The number of hydrogen-bond acceptors (Lipinski definition) is 6. The van der Waals surface area contributed by atoms with Crippen LogP contribution in [-0.2, 0) is 0 Å². The Hall–Kier alpha value is -2.68. The molecule has 0 fully saturated rings. The van der Waals surface area contributed by atoms with Crippen molar-refractivity contribution in [3.8, 4) is 0 Å². The molecule has 20 heavy (non-hydrogen) atoms. The van der Waals surface area contributed by atoms with Gasteiger partial charge in [0.05, 0.1) is 15.4 Å². The number of carboxylic acids is 1. The van der Waals surface area contributed by atoms with Crippen molar-refractivity contribution in [1.29, 1.82) is 0 Å². The molecule has 0 aliphatic carbocycles. The number of nitrogens with one attached hydrogen (secondary N) is 1. The minimum Gasteiger partial charge on any atom is -0.478 e. The van der Waals surface area contributed by atoms with Gasteiger partial charge in [-0.2, -0.15) is 0 Å². The van der Waals surface area contributed by atoms with Gasteiger partial charge < -0.3 is 10.1 Å². The monoisotopic (exact) mass is 293 g/mol. The Morgan fingerprint density at radius 2 is 2.15 bits per heavy atom. The lowest BCUT2D eigenvalue weighted by atomic mass is 10.2. The first-order valence-electron chi connectivity index (χ1n) is 5.22. The van der Waals surface area contributed by atoms with Crippen LogP contribution in [0.1, 0.15) is 10.4 Å². The summed E-state index contributed by atoms with van der Waals surface area (Å²) in [6.07, 6.45) is 1.28. The zero-order valence-electron chi connectivity index (χ0n) is 9.77. The van der Waals surface area contributed by atoms with E-state index in [4.69, 9.17) is 5.11 Å². The normalized spacial score (nSPS) is 10.2. The fourth-order valence-corrected chi connectivity index (χ4v) is 2.24. The molecule has 0 bridgehead atoms. The van der Waals surface area contributed by atoms with Crippen molar-refractivity contribution >= 4 is 23.4 Å². The van der Waals surface area contributed by atoms with Crippen LogP contribution in [0.15, 0.2) is 45.3 Å². The third-order valence-electron chi connectivity index (χ3n) is 2.26. The second kappa shape index (κ2) is 5.53. The van der Waals surface area contributed by atoms with E-state index in [0.717, 1.165) is 17.8 Å². The van der Waals surface area contributed by atoms with Crippen LogP contribution >= 0.6 is 11.8 Å². The zero-order valence-corrected chi connectivity index (χ0v) is 10.6. The van der Waals surface area contributed by atoms with E-state index in [1.54, 1.807) is 0 Å². The van der Waals surface area contributed by atoms with Crippen molar-refractivity contribution in [3.05, 3.63) is 56.5 Å². The van der Waals surface area contributed by atoms with Crippen molar-refractivity contribution in [1.82, 2.24) is 9.97 Å². The first-order chi connectivity index (χ1) is 9.47. The molecular weight excluding hydrogens is 286 g/mol. The van der Waals surface area contributed by atoms with Crippen molar-refractivity contribution in [2.75, 3.05) is 0 Å². The number of aromatic nitrogens is 2. The average molecular weight is 293 g/mol. The molecule has 8 nitrogen and oxygen atoms in total. The van der Waals surface area contributed by atoms with Gasteiger partial charge in [-0.15, -0.1) is 0 Å². The van der Waals surface area contributed by atoms with E-state index in [1.807, 2.05) is 0 Å². The SMILES string of the molecule is O=C(O)c1ccc(Sc2nccc(=O)[nH]2)c([N+](=O)[O-])c1. The van der Waals surface area contributed by atoms with Crippen LogP contribution in [0.3, 0.4) is 0 Å². The van der Waals surface area contributed by atoms with E-state index in [2.05, 4.69) is 9.97 Å². The molecule has 2 N–H and O–H groups in total. The third kappa shape index (κ3) is 3.01. The molecule has 102 valence electrons. The molecule has 0 unspecified atom stereocenters. The van der Waals surface area contributed by atoms with Gasteiger partial charge in [-0.05, 0) is 23.9 Å². The Bertz CT molecular complexity index is 743. The molecule has 9 heteroatoms. The van der Waals surface area contributed by atoms with Crippen molar-refractivity contribution in [2.24, 2.45) is 0 Å². The van der Waals surface area contributed by atoms with Gasteiger partial charge in [0, 0.05) is 18.3 Å². The smallest absolute Gasteiger partial charge is 0.335 e. The van der Waals surface area contributed by atoms with Crippen LogP contribution in [-0.4, -0.2) is 26.0 Å². The summed E-state index contributed by atoms with van der Waals surface area (Å²) in [5.41, 5.74) is -0.927. The predicted molar refractivity (Wildman–Crippen MR) is 69.0 cm³/mol. The summed E-state index contributed by atoms with van der Waals surface area (Å²) in [5, 5.41) is 20.0. The first-order valence-corrected chi connectivity index (χ1v) is 6.04. The van der Waals surface area contributed by atoms with Gasteiger partial charge in [0.25, 0.3) is 11.2 Å². The van der Waals surface area contributed by atoms with Crippen LogP contribution < -0.4 is 5.56 Å². The topological polar surface area (TPSA) is 126 Å². The molecule has 1 heterocycles. The van der Waals surface area contributed by atoms with E-state index in [1.165, 1.54) is 24.4 Å². The number of nitrogens with zero attached hydrogens (tertiary/aromatic N) is 2. The highest BCUT2D eigenvalue weighted by molar-refractivity contribution is 7.99. The van der Waals surface area contributed by atoms with Crippen molar-refractivity contribution in [3.63, 3.8) is 0 Å². The lowest BCUT2D eigenvalue weighted by Crippen LogP contribution is -2.05. The maximum Gasteiger partial charge on any atom is 0.335 e. The average Bonchev–Trinajstić information content (AvgIpc) is 2.38. The number of rotatable bonds is 4. The summed E-state index contributed by atoms with van der Waals surface area (Å²) in [5.74, 6) is -1.25. The van der Waals surface area contributed by atoms with E-state index in [0.29, 0.717) is 0 Å². The minimum absolute atomic E-state index is 0.184. The fraction of sp³-hybridized carbons (Fsp3) is 0. The van der Waals surface area contributed by atoms with Crippen LogP contribution in [0.4, 0.5) is 5.69 Å². The van der Waals surface area contributed by atoms with Crippen LogP contribution in [0.2, 0.25) is 0 Å². The second-order valence-electron chi connectivity index (χ2n) is 3.59. The summed E-state index contributed by atoms with van der Waals surface area (Å²) in [6, 6.07) is 4.73. The number of carbonyl (C=O) groups is 1. The van der Waals surface area contributed by atoms with Crippen LogP contribution in [0.5, 0.6) is 0 Å². The van der Waals surface area contributed by atoms with Gasteiger partial charge >= 0.3 is 5.97 Å². The Balaban J connectivity index is 2.43. The number of H-pyrrole nitrogens is 1. The number of nitro benzene ring substituents is 1. The molecule has 0 aliphatic rings. The lowest BCUT2D eigenvalue weighted by molar-refractivity contribution is -0.387. The molecule has 0 atom stereocenters. The predicted octanol–water partition coefficient (Wildman–Crippen LogP) is 1.53. The van der Waals surface area contributed by atoms with E-state index in [9.17, 15) is 19.7 Å². The number of aromatic carboxylic acids is 1. The molecule has 1 aromatic heterocycles. The molecule has 0 amide bonds. The summed E-state index contributed by atoms with van der Waals surface area (Å²) in [6.45, 7) is 0. The van der Waals surface area contributed by atoms with Gasteiger partial charge in [-0.3, -0.25) is 14.9 Å².